The van der Waals surface area contributed by atoms with E-state index in [0.29, 0.717) is 5.69 Å². The second-order valence-electron chi connectivity index (χ2n) is 5.82. The molecule has 1 amide bonds. The third-order valence-corrected chi connectivity index (χ3v) is 4.28. The summed E-state index contributed by atoms with van der Waals surface area (Å²) in [6.07, 6.45) is -4.38. The molecule has 1 aliphatic carbocycles. The third kappa shape index (κ3) is 3.42. The van der Waals surface area contributed by atoms with E-state index in [2.05, 4.69) is 0 Å². The number of anilines is 1. The van der Waals surface area contributed by atoms with Gasteiger partial charge in [0.1, 0.15) is 5.69 Å². The molecular weight excluding hydrogens is 318 g/mol. The maximum atomic E-state index is 13.1. The van der Waals surface area contributed by atoms with Crippen molar-refractivity contribution in [3.05, 3.63) is 16.0 Å². The van der Waals surface area contributed by atoms with Crippen LogP contribution in [0.4, 0.5) is 23.2 Å². The van der Waals surface area contributed by atoms with Crippen LogP contribution in [0.2, 0.25) is 0 Å². The number of carbonyl (C=O) groups is 1. The van der Waals surface area contributed by atoms with Gasteiger partial charge in [0.05, 0.1) is 11.7 Å². The van der Waals surface area contributed by atoms with Crippen LogP contribution < -0.4 is 10.9 Å². The lowest BCUT2D eigenvalue weighted by Gasteiger charge is -2.24. The van der Waals surface area contributed by atoms with Gasteiger partial charge in [-0.1, -0.05) is 19.3 Å². The first-order valence-corrected chi connectivity index (χ1v) is 7.44. The lowest BCUT2D eigenvalue weighted by atomic mass is 9.96. The Morgan fingerprint density at radius 2 is 1.83 bits per heavy atom. The summed E-state index contributed by atoms with van der Waals surface area (Å²) >= 11 is 0. The Bertz CT molecular complexity index is 642. The van der Waals surface area contributed by atoms with Gasteiger partial charge in [-0.25, -0.2) is 9.07 Å². The highest BCUT2D eigenvalue weighted by molar-refractivity contribution is 5.95. The molecule has 0 saturated heterocycles. The highest BCUT2D eigenvalue weighted by Gasteiger charge is 2.46. The average Bonchev–Trinajstić information content (AvgIpc) is 2.70. The lowest BCUT2D eigenvalue weighted by Crippen LogP contribution is -2.38. The first kappa shape index (κ1) is 17.6. The van der Waals surface area contributed by atoms with E-state index >= 15 is 0 Å². The number of halogens is 4. The molecule has 1 fully saturated rings. The fourth-order valence-corrected chi connectivity index (χ4v) is 2.94. The Morgan fingerprint density at radius 1 is 1.26 bits per heavy atom. The van der Waals surface area contributed by atoms with Gasteiger partial charge >= 0.3 is 6.18 Å². The van der Waals surface area contributed by atoms with Crippen LogP contribution in [0.3, 0.4) is 0 Å². The van der Waals surface area contributed by atoms with E-state index in [-0.39, 0.29) is 11.7 Å². The van der Waals surface area contributed by atoms with Crippen molar-refractivity contribution in [2.75, 3.05) is 5.32 Å². The average molecular weight is 337 g/mol. The smallest absolute Gasteiger partial charge is 0.317 e. The number of nitrogens with one attached hydrogen (secondary N) is 1. The topological polar surface area (TPSA) is 56.0 Å². The minimum atomic E-state index is -5.30. The Labute approximate surface area is 130 Å². The van der Waals surface area contributed by atoms with E-state index in [1.165, 1.54) is 16.3 Å². The zero-order valence-electron chi connectivity index (χ0n) is 12.9. The van der Waals surface area contributed by atoms with Crippen molar-refractivity contribution < 1.29 is 22.4 Å². The molecule has 1 aromatic heterocycles. The largest absolute Gasteiger partial charge is 0.428 e. The first-order valence-electron chi connectivity index (χ1n) is 7.44. The van der Waals surface area contributed by atoms with Gasteiger partial charge in [0.25, 0.3) is 17.6 Å². The Hall–Kier alpha value is -1.80. The number of carbonyl (C=O) groups excluding carboxylic acids is 1. The molecule has 5 nitrogen and oxygen atoms in total. The molecule has 2 rings (SSSR count). The molecule has 1 saturated carbocycles. The van der Waals surface area contributed by atoms with Gasteiger partial charge in [0.2, 0.25) is 0 Å². The number of hydrogen-bond acceptors (Lipinski definition) is 2. The molecule has 0 bridgehead atoms. The monoisotopic (exact) mass is 337 g/mol. The van der Waals surface area contributed by atoms with Crippen molar-refractivity contribution in [1.29, 1.82) is 0 Å². The fraction of sp³-hybridized carbons (Fsp3) is 0.714. The van der Waals surface area contributed by atoms with Crippen LogP contribution in [0.5, 0.6) is 0 Å². The van der Waals surface area contributed by atoms with E-state index in [1.54, 1.807) is 12.4 Å². The van der Waals surface area contributed by atoms with Gasteiger partial charge in [-0.15, -0.1) is 0 Å². The van der Waals surface area contributed by atoms with Crippen molar-refractivity contribution in [2.24, 2.45) is 7.05 Å². The van der Waals surface area contributed by atoms with Crippen molar-refractivity contribution in [2.45, 2.75) is 57.4 Å². The van der Waals surface area contributed by atoms with E-state index in [9.17, 15) is 27.2 Å². The van der Waals surface area contributed by atoms with Crippen molar-refractivity contribution >= 4 is 11.6 Å². The third-order valence-electron chi connectivity index (χ3n) is 4.28. The van der Waals surface area contributed by atoms with Gasteiger partial charge in [0, 0.05) is 7.05 Å². The summed E-state index contributed by atoms with van der Waals surface area (Å²) in [7, 11) is 1.59. The Kier molecular flexibility index (Phi) is 4.86. The molecule has 1 heterocycles. The summed E-state index contributed by atoms with van der Waals surface area (Å²) in [5, 5.41) is 1.80. The predicted octanol–water partition coefficient (Wildman–Crippen LogP) is 2.84. The van der Waals surface area contributed by atoms with Crippen LogP contribution in [-0.4, -0.2) is 27.6 Å². The summed E-state index contributed by atoms with van der Waals surface area (Å²) in [4.78, 5) is 23.8. The molecule has 23 heavy (non-hydrogen) atoms. The van der Waals surface area contributed by atoms with Crippen LogP contribution >= 0.6 is 0 Å². The van der Waals surface area contributed by atoms with E-state index < -0.39 is 23.8 Å². The van der Waals surface area contributed by atoms with Crippen LogP contribution in [0.15, 0.2) is 4.79 Å². The predicted molar refractivity (Wildman–Crippen MR) is 76.1 cm³/mol. The molecule has 0 radical (unpaired) electrons. The summed E-state index contributed by atoms with van der Waals surface area (Å²) in [5.74, 6) is -1.88. The second-order valence-corrected chi connectivity index (χ2v) is 5.82. The van der Waals surface area contributed by atoms with Crippen molar-refractivity contribution in [3.8, 4) is 0 Å². The first-order chi connectivity index (χ1) is 10.6. The zero-order valence-corrected chi connectivity index (χ0v) is 12.9. The molecule has 0 aliphatic heterocycles. The normalized spacial score (nSPS) is 18.0. The maximum absolute atomic E-state index is 13.1. The molecule has 1 N–H and O–H groups in total. The number of alkyl halides is 4. The molecule has 130 valence electrons. The molecule has 0 aromatic carbocycles. The van der Waals surface area contributed by atoms with Crippen molar-refractivity contribution in [3.63, 3.8) is 0 Å². The van der Waals surface area contributed by atoms with Crippen LogP contribution in [-0.2, 0) is 11.8 Å². The minimum Gasteiger partial charge on any atom is -0.317 e. The second kappa shape index (κ2) is 6.37. The lowest BCUT2D eigenvalue weighted by molar-refractivity contribution is -0.183. The van der Waals surface area contributed by atoms with Gasteiger partial charge in [-0.3, -0.25) is 14.3 Å². The van der Waals surface area contributed by atoms with E-state index in [1.807, 2.05) is 0 Å². The SMILES string of the molecule is Cc1c(NC(=O)C(F)C(F)(F)F)c(=O)n(C2CCCCC2)n1C. The summed E-state index contributed by atoms with van der Waals surface area (Å²) in [6, 6.07) is -0.0607. The van der Waals surface area contributed by atoms with Gasteiger partial charge in [-0.2, -0.15) is 13.2 Å². The highest BCUT2D eigenvalue weighted by Crippen LogP contribution is 2.29. The number of amides is 1. The highest BCUT2D eigenvalue weighted by atomic mass is 19.4. The zero-order chi connectivity index (χ0) is 17.4. The molecule has 9 heteroatoms. The van der Waals surface area contributed by atoms with Crippen LogP contribution in [0, 0.1) is 6.92 Å². The number of rotatable bonds is 3. The standard InChI is InChI=1S/C14H19F4N3O2/c1-8-10(19-12(22)11(15)14(16,17)18)13(23)21(20(8)2)9-6-4-3-5-7-9/h9,11H,3-7H2,1-2H3,(H,19,22). The van der Waals surface area contributed by atoms with Gasteiger partial charge in [-0.05, 0) is 19.8 Å². The fourth-order valence-electron chi connectivity index (χ4n) is 2.94. The molecule has 1 unspecified atom stereocenters. The summed E-state index contributed by atoms with van der Waals surface area (Å²) in [6.45, 7) is 1.50. The van der Waals surface area contributed by atoms with E-state index in [4.69, 9.17) is 0 Å². The number of aromatic nitrogens is 2. The Morgan fingerprint density at radius 3 is 2.35 bits per heavy atom. The number of hydrogen-bond donors (Lipinski definition) is 1. The minimum absolute atomic E-state index is 0.0607. The molecular formula is C14H19F4N3O2. The molecule has 1 aromatic rings. The molecule has 0 spiro atoms. The number of nitrogens with zero attached hydrogens (tertiary/aromatic N) is 2. The Balaban J connectivity index is 2.30. The van der Waals surface area contributed by atoms with Crippen molar-refractivity contribution in [1.82, 2.24) is 9.36 Å². The van der Waals surface area contributed by atoms with Gasteiger partial charge < -0.3 is 5.32 Å². The van der Waals surface area contributed by atoms with Crippen LogP contribution in [0.25, 0.3) is 0 Å². The molecule has 1 aliphatic rings. The summed E-state index contributed by atoms with van der Waals surface area (Å²) < 4.78 is 52.8. The van der Waals surface area contributed by atoms with E-state index in [0.717, 1.165) is 32.1 Å². The summed E-state index contributed by atoms with van der Waals surface area (Å²) in [5.41, 5.74) is -0.599. The molecule has 1 atom stereocenters. The van der Waals surface area contributed by atoms with Gasteiger partial charge in [0.15, 0.2) is 0 Å². The maximum Gasteiger partial charge on any atom is 0.428 e. The quantitative estimate of drug-likeness (QED) is 0.863. The van der Waals surface area contributed by atoms with Crippen LogP contribution in [0.1, 0.15) is 43.8 Å².